The standard InChI is InChI=1S/C14H17N7O3S2/c15-10(24-12(23)8-22)1-4-20(7-11-17-3-6-25-11)14-18-13(19-26-14)21-5-2-16-9-21/h2-3,5-6,9-10,22H,1,4,7-8,15H2. The summed E-state index contributed by atoms with van der Waals surface area (Å²) in [5, 5.41) is 12.3. The van der Waals surface area contributed by atoms with Crippen LogP contribution < -0.4 is 10.6 Å². The molecule has 26 heavy (non-hydrogen) atoms. The average molecular weight is 395 g/mol. The minimum atomic E-state index is -0.811. The zero-order valence-corrected chi connectivity index (χ0v) is 15.3. The lowest BCUT2D eigenvalue weighted by Crippen LogP contribution is -2.34. The van der Waals surface area contributed by atoms with Crippen molar-refractivity contribution in [1.29, 1.82) is 0 Å². The molecule has 10 nitrogen and oxygen atoms in total. The summed E-state index contributed by atoms with van der Waals surface area (Å²) in [5.74, 6) is -0.218. The van der Waals surface area contributed by atoms with Gasteiger partial charge in [0.15, 0.2) is 6.23 Å². The van der Waals surface area contributed by atoms with Gasteiger partial charge in [-0.05, 0) is 0 Å². The highest BCUT2D eigenvalue weighted by molar-refractivity contribution is 7.10. The molecule has 0 aliphatic heterocycles. The van der Waals surface area contributed by atoms with Crippen LogP contribution in [0.5, 0.6) is 0 Å². The first kappa shape index (κ1) is 18.4. The van der Waals surface area contributed by atoms with Crippen LogP contribution in [0.15, 0.2) is 30.3 Å². The molecule has 3 aromatic rings. The Morgan fingerprint density at radius 3 is 3.04 bits per heavy atom. The minimum absolute atomic E-state index is 0.372. The smallest absolute Gasteiger partial charge is 0.333 e. The van der Waals surface area contributed by atoms with Gasteiger partial charge in [-0.15, -0.1) is 11.3 Å². The molecule has 0 aliphatic rings. The van der Waals surface area contributed by atoms with Crippen LogP contribution in [0.25, 0.3) is 5.95 Å². The SMILES string of the molecule is NC(CCN(Cc1nccs1)c1nc(-n2ccnc2)ns1)OC(=O)CO. The van der Waals surface area contributed by atoms with Gasteiger partial charge in [-0.1, -0.05) is 0 Å². The van der Waals surface area contributed by atoms with Crippen LogP contribution in [0.4, 0.5) is 5.13 Å². The number of hydrogen-bond donors (Lipinski definition) is 2. The number of hydrogen-bond acceptors (Lipinski definition) is 11. The van der Waals surface area contributed by atoms with Gasteiger partial charge in [0.05, 0.1) is 6.54 Å². The number of aromatic nitrogens is 5. The Kier molecular flexibility index (Phi) is 6.22. The van der Waals surface area contributed by atoms with Crippen molar-refractivity contribution in [2.75, 3.05) is 18.1 Å². The van der Waals surface area contributed by atoms with Crippen LogP contribution in [0.3, 0.4) is 0 Å². The van der Waals surface area contributed by atoms with Crippen molar-refractivity contribution < 1.29 is 14.6 Å². The van der Waals surface area contributed by atoms with Gasteiger partial charge in [0.1, 0.15) is 17.9 Å². The van der Waals surface area contributed by atoms with E-state index in [1.54, 1.807) is 29.5 Å². The van der Waals surface area contributed by atoms with E-state index in [4.69, 9.17) is 15.6 Å². The largest absolute Gasteiger partial charge is 0.445 e. The molecule has 1 unspecified atom stereocenters. The predicted octanol–water partition coefficient (Wildman–Crippen LogP) is 0.397. The number of thiazole rings is 1. The molecule has 0 saturated heterocycles. The van der Waals surface area contributed by atoms with E-state index in [1.165, 1.54) is 22.9 Å². The van der Waals surface area contributed by atoms with E-state index >= 15 is 0 Å². The topological polar surface area (TPSA) is 132 Å². The van der Waals surface area contributed by atoms with E-state index < -0.39 is 18.8 Å². The summed E-state index contributed by atoms with van der Waals surface area (Å²) in [6, 6.07) is 0. The number of carbonyl (C=O) groups excluding carboxylic acids is 1. The fourth-order valence-electron chi connectivity index (χ4n) is 2.10. The number of anilines is 1. The van der Waals surface area contributed by atoms with Crippen molar-refractivity contribution in [2.45, 2.75) is 19.2 Å². The summed E-state index contributed by atoms with van der Waals surface area (Å²) in [7, 11) is 0. The Morgan fingerprint density at radius 2 is 2.35 bits per heavy atom. The Balaban J connectivity index is 1.70. The lowest BCUT2D eigenvalue weighted by molar-refractivity contribution is -0.152. The van der Waals surface area contributed by atoms with Gasteiger partial charge in [0, 0.05) is 48.5 Å². The Morgan fingerprint density at radius 1 is 1.46 bits per heavy atom. The first-order valence-corrected chi connectivity index (χ1v) is 9.32. The second-order valence-electron chi connectivity index (χ2n) is 5.17. The fraction of sp³-hybridized carbons (Fsp3) is 0.357. The number of aliphatic hydroxyl groups is 1. The summed E-state index contributed by atoms with van der Waals surface area (Å²) >= 11 is 2.79. The van der Waals surface area contributed by atoms with E-state index in [2.05, 4.69) is 19.3 Å². The fourth-order valence-corrected chi connectivity index (χ4v) is 3.43. The molecular formula is C14H17N7O3S2. The number of carbonyl (C=O) groups is 1. The monoisotopic (exact) mass is 395 g/mol. The third-order valence-electron chi connectivity index (χ3n) is 3.32. The molecule has 0 saturated carbocycles. The molecule has 138 valence electrons. The van der Waals surface area contributed by atoms with Crippen molar-refractivity contribution in [1.82, 2.24) is 23.9 Å². The number of imidazole rings is 1. The minimum Gasteiger partial charge on any atom is -0.445 e. The first-order valence-electron chi connectivity index (χ1n) is 7.67. The van der Waals surface area contributed by atoms with E-state index in [0.717, 1.165) is 5.01 Å². The van der Waals surface area contributed by atoms with Gasteiger partial charge in [0.2, 0.25) is 11.1 Å². The van der Waals surface area contributed by atoms with Crippen molar-refractivity contribution >= 4 is 34.0 Å². The first-order chi connectivity index (χ1) is 12.7. The number of esters is 1. The maximum Gasteiger partial charge on any atom is 0.333 e. The number of nitrogens with zero attached hydrogens (tertiary/aromatic N) is 6. The summed E-state index contributed by atoms with van der Waals surface area (Å²) in [5.41, 5.74) is 5.79. The second-order valence-corrected chi connectivity index (χ2v) is 6.88. The molecule has 0 amide bonds. The van der Waals surface area contributed by atoms with Crippen LogP contribution >= 0.6 is 22.9 Å². The highest BCUT2D eigenvalue weighted by atomic mass is 32.1. The van der Waals surface area contributed by atoms with Crippen LogP contribution in [-0.4, -0.2) is 54.3 Å². The number of rotatable bonds is 9. The third-order valence-corrected chi connectivity index (χ3v) is 4.85. The zero-order valence-electron chi connectivity index (χ0n) is 13.6. The predicted molar refractivity (Wildman–Crippen MR) is 96.0 cm³/mol. The highest BCUT2D eigenvalue weighted by Crippen LogP contribution is 2.22. The van der Waals surface area contributed by atoms with Crippen molar-refractivity contribution in [3.8, 4) is 5.95 Å². The van der Waals surface area contributed by atoms with Crippen LogP contribution in [0, 0.1) is 0 Å². The van der Waals surface area contributed by atoms with Crippen molar-refractivity contribution in [3.05, 3.63) is 35.3 Å². The molecular weight excluding hydrogens is 378 g/mol. The van der Waals surface area contributed by atoms with Gasteiger partial charge in [-0.2, -0.15) is 9.36 Å². The Hall–Kier alpha value is -2.41. The molecule has 0 radical (unpaired) electrons. The molecule has 12 heteroatoms. The van der Waals surface area contributed by atoms with Crippen LogP contribution in [0.1, 0.15) is 11.4 Å². The summed E-state index contributed by atoms with van der Waals surface area (Å²) in [6.45, 7) is 0.329. The van der Waals surface area contributed by atoms with Gasteiger partial charge >= 0.3 is 5.97 Å². The van der Waals surface area contributed by atoms with Gasteiger partial charge in [0.25, 0.3) is 0 Å². The molecule has 0 aromatic carbocycles. The third kappa shape index (κ3) is 4.82. The number of aliphatic hydroxyl groups excluding tert-OH is 1. The molecule has 3 rings (SSSR count). The molecule has 0 aliphatic carbocycles. The summed E-state index contributed by atoms with van der Waals surface area (Å²) in [4.78, 5) is 25.9. The Bertz CT molecular complexity index is 807. The number of ether oxygens (including phenoxy) is 1. The lowest BCUT2D eigenvalue weighted by atomic mass is 10.3. The molecule has 0 bridgehead atoms. The maximum absolute atomic E-state index is 11.1. The Labute approximate surface area is 157 Å². The van der Waals surface area contributed by atoms with E-state index in [-0.39, 0.29) is 0 Å². The van der Waals surface area contributed by atoms with Gasteiger partial charge < -0.3 is 14.7 Å². The van der Waals surface area contributed by atoms with Crippen LogP contribution in [-0.2, 0) is 16.1 Å². The molecule has 0 fully saturated rings. The van der Waals surface area contributed by atoms with Crippen molar-refractivity contribution in [3.63, 3.8) is 0 Å². The average Bonchev–Trinajstić information content (AvgIpc) is 3.40. The maximum atomic E-state index is 11.1. The summed E-state index contributed by atoms with van der Waals surface area (Å²) in [6.07, 6.45) is 6.35. The van der Waals surface area contributed by atoms with E-state index in [1.807, 2.05) is 10.3 Å². The van der Waals surface area contributed by atoms with Crippen molar-refractivity contribution in [2.24, 2.45) is 5.73 Å². The second kappa shape index (κ2) is 8.80. The van der Waals surface area contributed by atoms with Gasteiger partial charge in [-0.3, -0.25) is 10.3 Å². The summed E-state index contributed by atoms with van der Waals surface area (Å²) < 4.78 is 11.0. The molecule has 3 N–H and O–H groups in total. The van der Waals surface area contributed by atoms with E-state index in [9.17, 15) is 4.79 Å². The van der Waals surface area contributed by atoms with Gasteiger partial charge in [-0.25, -0.2) is 14.8 Å². The molecule has 3 aromatic heterocycles. The lowest BCUT2D eigenvalue weighted by Gasteiger charge is -2.22. The normalized spacial score (nSPS) is 12.1. The van der Waals surface area contributed by atoms with E-state index in [0.29, 0.717) is 30.6 Å². The quantitative estimate of drug-likeness (QED) is 0.390. The molecule has 0 spiro atoms. The molecule has 3 heterocycles. The highest BCUT2D eigenvalue weighted by Gasteiger charge is 2.17. The number of nitrogens with two attached hydrogens (primary N) is 1. The van der Waals surface area contributed by atoms with Crippen LogP contribution in [0.2, 0.25) is 0 Å². The zero-order chi connectivity index (χ0) is 18.4. The molecule has 1 atom stereocenters.